The molecule has 0 radical (unpaired) electrons. The van der Waals surface area contributed by atoms with Gasteiger partial charge in [0.1, 0.15) is 13.2 Å². The Labute approximate surface area is 130 Å². The van der Waals surface area contributed by atoms with E-state index in [0.717, 1.165) is 0 Å². The van der Waals surface area contributed by atoms with E-state index in [4.69, 9.17) is 13.9 Å². The quantitative estimate of drug-likeness (QED) is 0.677. The van der Waals surface area contributed by atoms with E-state index in [-0.39, 0.29) is 11.7 Å². The summed E-state index contributed by atoms with van der Waals surface area (Å²) in [5.41, 5.74) is 1.36. The molecule has 0 spiro atoms. The molecule has 0 N–H and O–H groups in total. The number of furan rings is 1. The molecule has 0 unspecified atom stereocenters. The van der Waals surface area contributed by atoms with Gasteiger partial charge in [0.2, 0.25) is 0 Å². The molecule has 2 aromatic heterocycles. The summed E-state index contributed by atoms with van der Waals surface area (Å²) in [5, 5.41) is 0.596. The molecule has 1 aromatic carbocycles. The van der Waals surface area contributed by atoms with Gasteiger partial charge in [-0.3, -0.25) is 9.36 Å². The molecule has 0 atom stereocenters. The normalized spacial score (nSPS) is 13.5. The number of nitrogens with zero attached hydrogens (tertiary/aromatic N) is 2. The van der Waals surface area contributed by atoms with E-state index in [2.05, 4.69) is 4.98 Å². The zero-order valence-electron chi connectivity index (χ0n) is 11.7. The summed E-state index contributed by atoms with van der Waals surface area (Å²) < 4.78 is 17.9. The van der Waals surface area contributed by atoms with Gasteiger partial charge in [-0.2, -0.15) is 0 Å². The van der Waals surface area contributed by atoms with Crippen molar-refractivity contribution in [3.05, 3.63) is 36.3 Å². The van der Waals surface area contributed by atoms with E-state index in [1.165, 1.54) is 22.6 Å². The molecule has 1 aliphatic rings. The van der Waals surface area contributed by atoms with Crippen LogP contribution in [-0.4, -0.2) is 34.9 Å². The highest BCUT2D eigenvalue weighted by atomic mass is 32.2. The van der Waals surface area contributed by atoms with Gasteiger partial charge >= 0.3 is 0 Å². The molecule has 6 nitrogen and oxygen atoms in total. The predicted molar refractivity (Wildman–Crippen MR) is 80.9 cm³/mol. The van der Waals surface area contributed by atoms with Gasteiger partial charge < -0.3 is 13.9 Å². The molecule has 0 amide bonds. The first kappa shape index (κ1) is 13.3. The fourth-order valence-electron chi connectivity index (χ4n) is 2.44. The summed E-state index contributed by atoms with van der Waals surface area (Å²) in [6.07, 6.45) is 3.35. The van der Waals surface area contributed by atoms with Crippen molar-refractivity contribution in [3.8, 4) is 11.5 Å². The van der Waals surface area contributed by atoms with Crippen molar-refractivity contribution in [3.63, 3.8) is 0 Å². The summed E-state index contributed by atoms with van der Waals surface area (Å²) in [7, 11) is 0. The molecule has 7 heteroatoms. The molecule has 112 valence electrons. The van der Waals surface area contributed by atoms with Crippen LogP contribution in [0, 0.1) is 0 Å². The van der Waals surface area contributed by atoms with Crippen molar-refractivity contribution in [2.45, 2.75) is 5.16 Å². The number of thioether (sulfide) groups is 1. The third kappa shape index (κ3) is 1.97. The van der Waals surface area contributed by atoms with Crippen molar-refractivity contribution in [2.24, 2.45) is 0 Å². The highest BCUT2D eigenvalue weighted by Gasteiger charge is 2.23. The third-order valence-electron chi connectivity index (χ3n) is 3.41. The van der Waals surface area contributed by atoms with E-state index in [1.54, 1.807) is 24.3 Å². The summed E-state index contributed by atoms with van der Waals surface area (Å²) in [6.45, 7) is 1.01. The molecule has 0 saturated carbocycles. The molecule has 0 saturated heterocycles. The average Bonchev–Trinajstić information content (AvgIpc) is 3.19. The number of aromatic nitrogens is 2. The van der Waals surface area contributed by atoms with E-state index >= 15 is 0 Å². The zero-order chi connectivity index (χ0) is 15.1. The van der Waals surface area contributed by atoms with Gasteiger partial charge in [-0.25, -0.2) is 4.98 Å². The smallest absolute Gasteiger partial charge is 0.300 e. The Balaban J connectivity index is 1.94. The minimum Gasteiger partial charge on any atom is -0.486 e. The monoisotopic (exact) mass is 316 g/mol. The topological polar surface area (TPSA) is 66.5 Å². The van der Waals surface area contributed by atoms with Crippen LogP contribution in [0.1, 0.15) is 10.6 Å². The second-order valence-electron chi connectivity index (χ2n) is 4.70. The maximum atomic E-state index is 12.7. The number of hydrogen-bond acceptors (Lipinski definition) is 6. The van der Waals surface area contributed by atoms with Gasteiger partial charge in [0, 0.05) is 12.1 Å². The van der Waals surface area contributed by atoms with Gasteiger partial charge in [-0.15, -0.1) is 0 Å². The van der Waals surface area contributed by atoms with E-state index in [9.17, 15) is 4.79 Å². The first-order valence-corrected chi connectivity index (χ1v) is 7.94. The van der Waals surface area contributed by atoms with Crippen molar-refractivity contribution >= 4 is 28.7 Å². The Morgan fingerprint density at radius 2 is 2.05 bits per heavy atom. The van der Waals surface area contributed by atoms with Crippen LogP contribution in [0.15, 0.2) is 40.1 Å². The molecular formula is C15H12N2O4S. The lowest BCUT2D eigenvalue weighted by Crippen LogP contribution is -2.16. The van der Waals surface area contributed by atoms with Crippen LogP contribution in [0.5, 0.6) is 11.5 Å². The van der Waals surface area contributed by atoms with Crippen molar-refractivity contribution < 1.29 is 18.7 Å². The molecule has 0 fully saturated rings. The van der Waals surface area contributed by atoms with Gasteiger partial charge in [0.25, 0.3) is 5.91 Å². The van der Waals surface area contributed by atoms with Crippen LogP contribution in [-0.2, 0) is 0 Å². The van der Waals surface area contributed by atoms with Crippen LogP contribution in [0.25, 0.3) is 11.0 Å². The number of benzene rings is 1. The van der Waals surface area contributed by atoms with Crippen molar-refractivity contribution in [2.75, 3.05) is 19.5 Å². The lowest BCUT2D eigenvalue weighted by Gasteiger charge is -2.18. The standard InChI is InChI=1S/C15H12N2O4S/c1-22-15-16-9-7-12-13(21-6-5-20-12)8-10(9)17(15)14(18)11-3-2-4-19-11/h2-4,7-8H,5-6H2,1H3. The van der Waals surface area contributed by atoms with Gasteiger partial charge in [-0.05, 0) is 18.4 Å². The lowest BCUT2D eigenvalue weighted by molar-refractivity contribution is 0.0927. The molecule has 22 heavy (non-hydrogen) atoms. The van der Waals surface area contributed by atoms with Crippen LogP contribution < -0.4 is 9.47 Å². The second-order valence-corrected chi connectivity index (χ2v) is 5.47. The van der Waals surface area contributed by atoms with Crippen LogP contribution in [0.2, 0.25) is 0 Å². The van der Waals surface area contributed by atoms with Crippen LogP contribution in [0.4, 0.5) is 0 Å². The molecule has 3 heterocycles. The van der Waals surface area contributed by atoms with E-state index < -0.39 is 0 Å². The third-order valence-corrected chi connectivity index (χ3v) is 4.04. The van der Waals surface area contributed by atoms with Crippen molar-refractivity contribution in [1.29, 1.82) is 0 Å². The van der Waals surface area contributed by atoms with Gasteiger partial charge in [0.15, 0.2) is 22.4 Å². The van der Waals surface area contributed by atoms with Gasteiger partial charge in [-0.1, -0.05) is 11.8 Å². The van der Waals surface area contributed by atoms with E-state index in [0.29, 0.717) is 40.9 Å². The average molecular weight is 316 g/mol. The molecule has 0 aliphatic carbocycles. The maximum absolute atomic E-state index is 12.7. The Morgan fingerprint density at radius 1 is 1.27 bits per heavy atom. The Bertz CT molecular complexity index is 854. The van der Waals surface area contributed by atoms with E-state index in [1.807, 2.05) is 6.26 Å². The second kappa shape index (κ2) is 5.10. The first-order chi connectivity index (χ1) is 10.8. The lowest BCUT2D eigenvalue weighted by atomic mass is 10.2. The highest BCUT2D eigenvalue weighted by Crippen LogP contribution is 2.36. The first-order valence-electron chi connectivity index (χ1n) is 6.72. The minimum absolute atomic E-state index is 0.256. The Morgan fingerprint density at radius 3 is 2.73 bits per heavy atom. The predicted octanol–water partition coefficient (Wildman–Crippen LogP) is 2.81. The maximum Gasteiger partial charge on any atom is 0.300 e. The van der Waals surface area contributed by atoms with Crippen molar-refractivity contribution in [1.82, 2.24) is 9.55 Å². The fraction of sp³-hybridized carbons (Fsp3) is 0.200. The number of fused-ring (bicyclic) bond motifs is 2. The Kier molecular flexibility index (Phi) is 3.07. The van der Waals surface area contributed by atoms with Crippen LogP contribution >= 0.6 is 11.8 Å². The largest absolute Gasteiger partial charge is 0.486 e. The molecule has 1 aliphatic heterocycles. The molecule has 0 bridgehead atoms. The van der Waals surface area contributed by atoms with Crippen LogP contribution in [0.3, 0.4) is 0 Å². The zero-order valence-corrected chi connectivity index (χ0v) is 12.6. The Hall–Kier alpha value is -2.41. The molecular weight excluding hydrogens is 304 g/mol. The van der Waals surface area contributed by atoms with Gasteiger partial charge in [0.05, 0.1) is 17.3 Å². The summed E-state index contributed by atoms with van der Waals surface area (Å²) in [5.74, 6) is 1.29. The SMILES string of the molecule is CSc1nc2cc3c(cc2n1C(=O)c1ccco1)OCCO3. The fourth-order valence-corrected chi connectivity index (χ4v) is 2.99. The molecule has 4 rings (SSSR count). The number of carbonyl (C=O) groups excluding carboxylic acids is 1. The summed E-state index contributed by atoms with van der Waals surface area (Å²) >= 11 is 1.40. The summed E-state index contributed by atoms with van der Waals surface area (Å²) in [4.78, 5) is 17.2. The number of rotatable bonds is 2. The minimum atomic E-state index is -0.256. The summed E-state index contributed by atoms with van der Waals surface area (Å²) in [6, 6.07) is 6.91. The molecule has 3 aromatic rings. The number of hydrogen-bond donors (Lipinski definition) is 0. The number of imidazole rings is 1. The number of ether oxygens (including phenoxy) is 2. The highest BCUT2D eigenvalue weighted by molar-refractivity contribution is 7.98. The number of carbonyl (C=O) groups is 1.